The zero-order valence-corrected chi connectivity index (χ0v) is 18.2. The molecule has 5 atom stereocenters. The van der Waals surface area contributed by atoms with Crippen LogP contribution in [-0.2, 0) is 25.6 Å². The van der Waals surface area contributed by atoms with Crippen LogP contribution in [0, 0.1) is 0 Å². The van der Waals surface area contributed by atoms with Crippen molar-refractivity contribution >= 4 is 23.7 Å². The van der Waals surface area contributed by atoms with Crippen molar-refractivity contribution < 1.29 is 39.6 Å². The van der Waals surface area contributed by atoms with Gasteiger partial charge in [0.1, 0.15) is 23.9 Å². The van der Waals surface area contributed by atoms with Crippen LogP contribution in [0.25, 0.3) is 0 Å². The van der Waals surface area contributed by atoms with Crippen molar-refractivity contribution in [1.82, 2.24) is 21.3 Å². The highest BCUT2D eigenvalue weighted by atomic mass is 16.4. The molecule has 0 saturated carbocycles. The molecule has 1 saturated heterocycles. The Morgan fingerprint density at radius 3 is 2.24 bits per heavy atom. The number of aromatic hydroxyl groups is 1. The molecule has 5 unspecified atom stereocenters. The first kappa shape index (κ1) is 26.0. The van der Waals surface area contributed by atoms with Gasteiger partial charge in [0.25, 0.3) is 0 Å². The van der Waals surface area contributed by atoms with Crippen molar-refractivity contribution in [2.75, 3.05) is 13.2 Å². The SMILES string of the molecule is CC(O)C(NC(=O)C(CO)NC(=O)C1CCCN1)C(=O)NC(Cc1ccc(O)cc1)C(=O)O. The average Bonchev–Trinajstić information content (AvgIpc) is 3.31. The number of carbonyl (C=O) groups excluding carboxylic acids is 3. The summed E-state index contributed by atoms with van der Waals surface area (Å²) in [5.41, 5.74) is 0.529. The van der Waals surface area contributed by atoms with Gasteiger partial charge in [-0.25, -0.2) is 4.79 Å². The lowest BCUT2D eigenvalue weighted by atomic mass is 10.0. The molecule has 182 valence electrons. The van der Waals surface area contributed by atoms with Gasteiger partial charge in [-0.1, -0.05) is 12.1 Å². The van der Waals surface area contributed by atoms with E-state index in [0.717, 1.165) is 6.42 Å². The lowest BCUT2D eigenvalue weighted by Gasteiger charge is -2.26. The van der Waals surface area contributed by atoms with E-state index in [1.165, 1.54) is 31.2 Å². The molecule has 1 aliphatic rings. The highest BCUT2D eigenvalue weighted by Gasteiger charge is 2.33. The fraction of sp³-hybridized carbons (Fsp3) is 0.524. The van der Waals surface area contributed by atoms with Crippen molar-refractivity contribution in [3.8, 4) is 5.75 Å². The predicted molar refractivity (Wildman–Crippen MR) is 115 cm³/mol. The quantitative estimate of drug-likeness (QED) is 0.175. The number of aliphatic hydroxyl groups excluding tert-OH is 2. The number of phenolic OH excluding ortho intramolecular Hbond substituents is 1. The summed E-state index contributed by atoms with van der Waals surface area (Å²) in [5.74, 6) is -3.67. The summed E-state index contributed by atoms with van der Waals surface area (Å²) >= 11 is 0. The largest absolute Gasteiger partial charge is 0.508 e. The zero-order valence-electron chi connectivity index (χ0n) is 18.2. The minimum Gasteiger partial charge on any atom is -0.508 e. The van der Waals surface area contributed by atoms with Gasteiger partial charge in [-0.15, -0.1) is 0 Å². The summed E-state index contributed by atoms with van der Waals surface area (Å²) < 4.78 is 0. The molecule has 0 bridgehead atoms. The Morgan fingerprint density at radius 1 is 1.06 bits per heavy atom. The summed E-state index contributed by atoms with van der Waals surface area (Å²) in [6, 6.07) is 0.994. The summed E-state index contributed by atoms with van der Waals surface area (Å²) in [4.78, 5) is 49.1. The molecule has 1 aromatic rings. The summed E-state index contributed by atoms with van der Waals surface area (Å²) in [7, 11) is 0. The topological polar surface area (TPSA) is 197 Å². The van der Waals surface area contributed by atoms with Gasteiger partial charge in [0.2, 0.25) is 17.7 Å². The van der Waals surface area contributed by atoms with Crippen LogP contribution >= 0.6 is 0 Å². The summed E-state index contributed by atoms with van der Waals surface area (Å²) in [6.45, 7) is 1.15. The van der Waals surface area contributed by atoms with E-state index >= 15 is 0 Å². The minimum absolute atomic E-state index is 0.000725. The first-order chi connectivity index (χ1) is 15.6. The van der Waals surface area contributed by atoms with E-state index in [2.05, 4.69) is 21.3 Å². The second kappa shape index (κ2) is 12.1. The second-order valence-electron chi connectivity index (χ2n) is 7.89. The molecule has 0 aromatic heterocycles. The molecule has 33 heavy (non-hydrogen) atoms. The van der Waals surface area contributed by atoms with E-state index in [4.69, 9.17) is 0 Å². The van der Waals surface area contributed by atoms with Crippen LogP contribution < -0.4 is 21.3 Å². The molecule has 12 nitrogen and oxygen atoms in total. The molecule has 0 radical (unpaired) electrons. The monoisotopic (exact) mass is 466 g/mol. The van der Waals surface area contributed by atoms with E-state index in [9.17, 15) is 39.6 Å². The number of rotatable bonds is 11. The van der Waals surface area contributed by atoms with E-state index in [1.807, 2.05) is 0 Å². The van der Waals surface area contributed by atoms with Gasteiger partial charge in [-0.05, 0) is 44.0 Å². The van der Waals surface area contributed by atoms with Crippen LogP contribution in [0.2, 0.25) is 0 Å². The molecule has 1 heterocycles. The van der Waals surface area contributed by atoms with Gasteiger partial charge in [0.05, 0.1) is 18.8 Å². The van der Waals surface area contributed by atoms with Gasteiger partial charge in [0, 0.05) is 6.42 Å². The smallest absolute Gasteiger partial charge is 0.326 e. The Bertz CT molecular complexity index is 839. The molecule has 2 rings (SSSR count). The highest BCUT2D eigenvalue weighted by Crippen LogP contribution is 2.12. The molecule has 0 spiro atoms. The fourth-order valence-electron chi connectivity index (χ4n) is 3.36. The third-order valence-electron chi connectivity index (χ3n) is 5.25. The maximum absolute atomic E-state index is 12.7. The first-order valence-corrected chi connectivity index (χ1v) is 10.6. The molecular formula is C21H30N4O8. The third-order valence-corrected chi connectivity index (χ3v) is 5.25. The molecule has 12 heteroatoms. The number of hydrogen-bond acceptors (Lipinski definition) is 8. The van der Waals surface area contributed by atoms with Crippen molar-refractivity contribution in [3.05, 3.63) is 29.8 Å². The third kappa shape index (κ3) is 7.70. The zero-order chi connectivity index (χ0) is 24.5. The predicted octanol–water partition coefficient (Wildman–Crippen LogP) is -2.40. The van der Waals surface area contributed by atoms with E-state index in [-0.39, 0.29) is 12.2 Å². The lowest BCUT2D eigenvalue weighted by Crippen LogP contribution is -2.60. The molecule has 1 aromatic carbocycles. The number of carbonyl (C=O) groups is 4. The molecule has 1 aliphatic heterocycles. The van der Waals surface area contributed by atoms with E-state index in [1.54, 1.807) is 0 Å². The number of benzene rings is 1. The number of phenols is 1. The van der Waals surface area contributed by atoms with Crippen LogP contribution in [-0.4, -0.2) is 87.5 Å². The van der Waals surface area contributed by atoms with Crippen molar-refractivity contribution in [3.63, 3.8) is 0 Å². The Kier molecular flexibility index (Phi) is 9.57. The minimum atomic E-state index is -1.53. The molecule has 1 fully saturated rings. The number of carboxylic acid groups (broad SMARTS) is 1. The van der Waals surface area contributed by atoms with Crippen LogP contribution in [0.4, 0.5) is 0 Å². The molecule has 3 amide bonds. The molecular weight excluding hydrogens is 436 g/mol. The van der Waals surface area contributed by atoms with E-state index in [0.29, 0.717) is 18.5 Å². The Labute approximate surface area is 190 Å². The van der Waals surface area contributed by atoms with Gasteiger partial charge >= 0.3 is 5.97 Å². The first-order valence-electron chi connectivity index (χ1n) is 10.6. The summed E-state index contributed by atoms with van der Waals surface area (Å²) in [6.07, 6.45) is -0.121. The maximum Gasteiger partial charge on any atom is 0.326 e. The van der Waals surface area contributed by atoms with Crippen molar-refractivity contribution in [1.29, 1.82) is 0 Å². The Balaban J connectivity index is 2.02. The van der Waals surface area contributed by atoms with Crippen LogP contribution in [0.15, 0.2) is 24.3 Å². The number of aliphatic carboxylic acids is 1. The highest BCUT2D eigenvalue weighted by molar-refractivity contribution is 5.94. The van der Waals surface area contributed by atoms with Gasteiger partial charge in [0.15, 0.2) is 0 Å². The standard InChI is InChI=1S/C21H30N4O8/c1-11(27)17(25-19(30)16(10-26)24-18(29)14-3-2-8-22-14)20(31)23-15(21(32)33)9-12-4-6-13(28)7-5-12/h4-7,11,14-17,22,26-28H,2-3,8-10H2,1H3,(H,23,31)(H,24,29)(H,25,30)(H,32,33). The van der Waals surface area contributed by atoms with Gasteiger partial charge in [-0.3, -0.25) is 14.4 Å². The van der Waals surface area contributed by atoms with Crippen LogP contribution in [0.1, 0.15) is 25.3 Å². The average molecular weight is 466 g/mol. The lowest BCUT2D eigenvalue weighted by molar-refractivity contribution is -0.143. The Hall–Kier alpha value is -3.22. The molecule has 8 N–H and O–H groups in total. The Morgan fingerprint density at radius 2 is 1.73 bits per heavy atom. The number of hydrogen-bond donors (Lipinski definition) is 8. The van der Waals surface area contributed by atoms with E-state index < -0.39 is 60.6 Å². The number of amides is 3. The number of nitrogens with one attached hydrogen (secondary N) is 4. The van der Waals surface area contributed by atoms with Gasteiger partial charge in [-0.2, -0.15) is 0 Å². The van der Waals surface area contributed by atoms with Crippen molar-refractivity contribution in [2.45, 2.75) is 56.5 Å². The summed E-state index contributed by atoms with van der Waals surface area (Å²) in [5, 5.41) is 48.2. The normalized spacial score (nSPS) is 19.1. The van der Waals surface area contributed by atoms with Gasteiger partial charge < -0.3 is 41.7 Å². The van der Waals surface area contributed by atoms with Crippen LogP contribution in [0.3, 0.4) is 0 Å². The van der Waals surface area contributed by atoms with Crippen LogP contribution in [0.5, 0.6) is 5.75 Å². The molecule has 0 aliphatic carbocycles. The number of aliphatic hydroxyl groups is 2. The second-order valence-corrected chi connectivity index (χ2v) is 7.89. The maximum atomic E-state index is 12.7. The fourth-order valence-corrected chi connectivity index (χ4v) is 3.36. The number of carboxylic acids is 1. The van der Waals surface area contributed by atoms with Crippen molar-refractivity contribution in [2.24, 2.45) is 0 Å².